The van der Waals surface area contributed by atoms with Crippen molar-refractivity contribution in [3.8, 4) is 11.1 Å². The predicted molar refractivity (Wildman–Crippen MR) is 187 cm³/mol. The molecule has 0 spiro atoms. The van der Waals surface area contributed by atoms with Crippen LogP contribution < -0.4 is 10.7 Å². The summed E-state index contributed by atoms with van der Waals surface area (Å²) >= 11 is 0. The molecule has 0 atom stereocenters. The zero-order valence-corrected chi connectivity index (χ0v) is 28.7. The lowest BCUT2D eigenvalue weighted by Gasteiger charge is -2.32. The number of nitrogens with zero attached hydrogens (tertiary/aromatic N) is 6. The van der Waals surface area contributed by atoms with Crippen molar-refractivity contribution in [2.45, 2.75) is 80.3 Å². The Morgan fingerprint density at radius 3 is 2.18 bits per heavy atom. The number of benzene rings is 1. The number of hydrogen-bond donors (Lipinski definition) is 3. The fourth-order valence-electron chi connectivity index (χ4n) is 3.85. The van der Waals surface area contributed by atoms with E-state index in [4.69, 9.17) is 5.11 Å². The molecular formula is C35H57FN8O. The van der Waals surface area contributed by atoms with E-state index >= 15 is 0 Å². The van der Waals surface area contributed by atoms with Gasteiger partial charge in [-0.05, 0) is 48.7 Å². The maximum atomic E-state index is 13.8. The van der Waals surface area contributed by atoms with Crippen molar-refractivity contribution in [3.63, 3.8) is 0 Å². The second kappa shape index (κ2) is 24.8. The number of hydrazone groups is 1. The van der Waals surface area contributed by atoms with Crippen molar-refractivity contribution >= 4 is 12.0 Å². The lowest BCUT2D eigenvalue weighted by atomic mass is 10.0. The molecule has 1 aliphatic rings. The first-order valence-electron chi connectivity index (χ1n) is 16.5. The second-order valence-electron chi connectivity index (χ2n) is 10.5. The molecule has 0 aliphatic carbocycles. The van der Waals surface area contributed by atoms with Gasteiger partial charge < -0.3 is 20.7 Å². The minimum Gasteiger partial charge on any atom is -0.396 e. The van der Waals surface area contributed by atoms with Gasteiger partial charge >= 0.3 is 0 Å². The molecule has 2 aromatic heterocycles. The first kappa shape index (κ1) is 39.6. The summed E-state index contributed by atoms with van der Waals surface area (Å²) in [7, 11) is 2.18. The summed E-state index contributed by atoms with van der Waals surface area (Å²) in [6.45, 7) is 19.0. The van der Waals surface area contributed by atoms with E-state index in [1.807, 2.05) is 39.8 Å². The molecule has 0 saturated carbocycles. The topological polar surface area (TPSA) is 102 Å². The van der Waals surface area contributed by atoms with Crippen LogP contribution >= 0.6 is 0 Å². The van der Waals surface area contributed by atoms with Crippen molar-refractivity contribution in [2.24, 2.45) is 5.10 Å². The van der Waals surface area contributed by atoms with Gasteiger partial charge in [0.25, 0.3) is 0 Å². The van der Waals surface area contributed by atoms with E-state index in [1.165, 1.54) is 24.6 Å². The number of halogens is 1. The standard InChI is InChI=1S/C26H33FN8.C4H10.C3H8O.C2H6/c1-3-9-29-26-24(27)17-30-25(33-26)18-32-31-16-23-15-22(8-10-28-23)21-6-4-20(5-7-21)19-35-13-11-34(2)12-14-35;1-3-4-2;1-2-3-4;1-2/h4-8,10,15-17,32H,3,9,11-14,18-19H2,1-2H3,(H,29,30,33);3-4H2,1-2H3;4H,2-3H2,1H3;1-2H3/b31-16+;;;. The molecule has 1 aliphatic heterocycles. The first-order valence-corrected chi connectivity index (χ1v) is 16.5. The molecule has 0 bridgehead atoms. The smallest absolute Gasteiger partial charge is 0.183 e. The average Bonchev–Trinajstić information content (AvgIpc) is 3.09. The summed E-state index contributed by atoms with van der Waals surface area (Å²) in [5.41, 5.74) is 7.20. The number of unbranched alkanes of at least 4 members (excludes halogenated alkanes) is 1. The number of likely N-dealkylation sites (N-methyl/N-ethyl adjacent to an activating group) is 1. The molecule has 3 aromatic rings. The zero-order valence-electron chi connectivity index (χ0n) is 28.7. The van der Waals surface area contributed by atoms with Gasteiger partial charge in [-0.1, -0.05) is 78.6 Å². The van der Waals surface area contributed by atoms with Gasteiger partial charge in [0.05, 0.1) is 24.7 Å². The Hall–Kier alpha value is -3.47. The molecule has 250 valence electrons. The highest BCUT2D eigenvalue weighted by atomic mass is 19.1. The highest BCUT2D eigenvalue weighted by Crippen LogP contribution is 2.20. The van der Waals surface area contributed by atoms with Crippen molar-refractivity contribution < 1.29 is 9.50 Å². The molecule has 1 aromatic carbocycles. The van der Waals surface area contributed by atoms with Crippen LogP contribution in [-0.2, 0) is 13.1 Å². The second-order valence-corrected chi connectivity index (χ2v) is 10.5. The Morgan fingerprint density at radius 1 is 0.911 bits per heavy atom. The summed E-state index contributed by atoms with van der Waals surface area (Å²) in [6.07, 6.45) is 9.01. The third kappa shape index (κ3) is 16.4. The Morgan fingerprint density at radius 2 is 1.58 bits per heavy atom. The predicted octanol–water partition coefficient (Wildman–Crippen LogP) is 6.59. The number of aromatic nitrogens is 3. The molecule has 10 heteroatoms. The first-order chi connectivity index (χ1) is 21.9. The molecule has 0 amide bonds. The lowest BCUT2D eigenvalue weighted by Crippen LogP contribution is -2.43. The normalized spacial score (nSPS) is 13.1. The van der Waals surface area contributed by atoms with Crippen LogP contribution in [0.4, 0.5) is 10.2 Å². The highest BCUT2D eigenvalue weighted by Gasteiger charge is 2.13. The van der Waals surface area contributed by atoms with Gasteiger partial charge in [-0.25, -0.2) is 14.4 Å². The molecule has 1 saturated heterocycles. The van der Waals surface area contributed by atoms with E-state index in [9.17, 15) is 4.39 Å². The highest BCUT2D eigenvalue weighted by molar-refractivity contribution is 5.79. The number of nitrogens with one attached hydrogen (secondary N) is 2. The van der Waals surface area contributed by atoms with Crippen LogP contribution in [0.1, 0.15) is 84.3 Å². The Kier molecular flexibility index (Phi) is 21.8. The molecule has 0 unspecified atom stereocenters. The summed E-state index contributed by atoms with van der Waals surface area (Å²) < 4.78 is 13.8. The summed E-state index contributed by atoms with van der Waals surface area (Å²) in [6, 6.07) is 12.7. The van der Waals surface area contributed by atoms with E-state index in [2.05, 4.69) is 85.8 Å². The SMILES string of the molecule is CC.CCCC.CCCNc1nc(CN/N=C/c2cc(-c3ccc(CN4CCN(C)CC4)cc3)ccn2)ncc1F.CCCO. The minimum absolute atomic E-state index is 0.214. The van der Waals surface area contributed by atoms with Crippen LogP contribution in [0.15, 0.2) is 53.9 Å². The number of aliphatic hydroxyl groups is 1. The third-order valence-corrected chi connectivity index (χ3v) is 6.66. The van der Waals surface area contributed by atoms with Crippen molar-refractivity contribution in [1.29, 1.82) is 0 Å². The molecule has 3 heterocycles. The van der Waals surface area contributed by atoms with Gasteiger partial charge in [-0.3, -0.25) is 9.88 Å². The number of piperazine rings is 1. The van der Waals surface area contributed by atoms with E-state index in [-0.39, 0.29) is 12.4 Å². The molecule has 3 N–H and O–H groups in total. The number of aliphatic hydroxyl groups excluding tert-OH is 1. The van der Waals surface area contributed by atoms with Gasteiger partial charge in [0.1, 0.15) is 0 Å². The quantitative estimate of drug-likeness (QED) is 0.153. The number of hydrogen-bond acceptors (Lipinski definition) is 9. The van der Waals surface area contributed by atoms with Crippen molar-refractivity contribution in [3.05, 3.63) is 71.7 Å². The minimum atomic E-state index is -0.459. The fourth-order valence-corrected chi connectivity index (χ4v) is 3.85. The largest absolute Gasteiger partial charge is 0.396 e. The van der Waals surface area contributed by atoms with Crippen molar-refractivity contribution in [1.82, 2.24) is 30.2 Å². The van der Waals surface area contributed by atoms with E-state index in [0.29, 0.717) is 19.0 Å². The molecule has 1 fully saturated rings. The van der Waals surface area contributed by atoms with Crippen molar-refractivity contribution in [2.75, 3.05) is 51.7 Å². The Balaban J connectivity index is 0.000000893. The Labute approximate surface area is 271 Å². The van der Waals surface area contributed by atoms with Gasteiger partial charge in [-0.15, -0.1) is 0 Å². The number of rotatable bonds is 12. The van der Waals surface area contributed by atoms with E-state index in [1.54, 1.807) is 12.4 Å². The zero-order chi connectivity index (χ0) is 33.3. The fraction of sp³-hybridized carbons (Fsp3) is 0.543. The van der Waals surface area contributed by atoms with Gasteiger partial charge in [0.2, 0.25) is 0 Å². The van der Waals surface area contributed by atoms with E-state index in [0.717, 1.165) is 62.4 Å². The average molecular weight is 625 g/mol. The molecular weight excluding hydrogens is 567 g/mol. The van der Waals surface area contributed by atoms with Gasteiger partial charge in [-0.2, -0.15) is 5.10 Å². The van der Waals surface area contributed by atoms with Gasteiger partial charge in [0, 0.05) is 52.1 Å². The van der Waals surface area contributed by atoms with Crippen LogP contribution in [0.5, 0.6) is 0 Å². The molecule has 0 radical (unpaired) electrons. The monoisotopic (exact) mass is 624 g/mol. The number of pyridine rings is 1. The maximum Gasteiger partial charge on any atom is 0.183 e. The lowest BCUT2D eigenvalue weighted by molar-refractivity contribution is 0.148. The van der Waals surface area contributed by atoms with E-state index < -0.39 is 5.82 Å². The van der Waals surface area contributed by atoms with Crippen LogP contribution in [-0.4, -0.2) is 82.5 Å². The van der Waals surface area contributed by atoms with Gasteiger partial charge in [0.15, 0.2) is 17.5 Å². The molecule has 45 heavy (non-hydrogen) atoms. The molecule has 4 rings (SSSR count). The van der Waals surface area contributed by atoms with Crippen LogP contribution in [0.25, 0.3) is 11.1 Å². The van der Waals surface area contributed by atoms with Crippen LogP contribution in [0.3, 0.4) is 0 Å². The number of anilines is 1. The van der Waals surface area contributed by atoms with Crippen LogP contribution in [0, 0.1) is 5.82 Å². The van der Waals surface area contributed by atoms with Crippen LogP contribution in [0.2, 0.25) is 0 Å². The summed E-state index contributed by atoms with van der Waals surface area (Å²) in [5, 5.41) is 15.1. The maximum absolute atomic E-state index is 13.8. The molecule has 9 nitrogen and oxygen atoms in total. The summed E-state index contributed by atoms with van der Waals surface area (Å²) in [4.78, 5) is 17.5. The summed E-state index contributed by atoms with van der Waals surface area (Å²) in [5.74, 6) is 0.214. The Bertz CT molecular complexity index is 1180. The third-order valence-electron chi connectivity index (χ3n) is 6.66.